The molecule has 1 aromatic carbocycles. The number of nitrogens with one attached hydrogen (secondary N) is 2. The number of aryl methyl sites for hydroxylation is 1. The second-order valence-electron chi connectivity index (χ2n) is 5.35. The Morgan fingerprint density at radius 1 is 1.17 bits per heavy atom. The van der Waals surface area contributed by atoms with Crippen molar-refractivity contribution in [3.8, 4) is 0 Å². The molecule has 126 valence electrons. The number of amides is 3. The van der Waals surface area contributed by atoms with Gasteiger partial charge >= 0.3 is 12.0 Å². The number of aliphatic carboxylic acids is 1. The van der Waals surface area contributed by atoms with Gasteiger partial charge in [-0.2, -0.15) is 0 Å². The summed E-state index contributed by atoms with van der Waals surface area (Å²) in [5.41, 5.74) is 2.59. The maximum Gasteiger partial charge on any atom is 0.325 e. The predicted molar refractivity (Wildman–Crippen MR) is 87.4 cm³/mol. The van der Waals surface area contributed by atoms with Crippen LogP contribution in [-0.2, 0) is 9.59 Å². The van der Waals surface area contributed by atoms with Crippen LogP contribution in [0.2, 0.25) is 0 Å². The number of hydrogen-bond acceptors (Lipinski definition) is 4. The predicted octanol–water partition coefficient (Wildman–Crippen LogP) is 1.75. The van der Waals surface area contributed by atoms with Crippen molar-refractivity contribution in [1.82, 2.24) is 10.2 Å². The molecule has 7 heteroatoms. The van der Waals surface area contributed by atoms with E-state index in [1.807, 2.05) is 32.9 Å². The number of carbonyl (C=O) groups excluding carboxylic acids is 2. The maximum atomic E-state index is 11.9. The van der Waals surface area contributed by atoms with Crippen molar-refractivity contribution >= 4 is 23.6 Å². The van der Waals surface area contributed by atoms with E-state index in [0.29, 0.717) is 12.2 Å². The van der Waals surface area contributed by atoms with E-state index < -0.39 is 17.9 Å². The Kier molecular flexibility index (Phi) is 7.21. The van der Waals surface area contributed by atoms with Crippen molar-refractivity contribution in [2.45, 2.75) is 27.2 Å². The molecule has 0 radical (unpaired) electrons. The molecule has 0 fully saturated rings. The molecule has 3 amide bonds. The van der Waals surface area contributed by atoms with Crippen molar-refractivity contribution in [3.63, 3.8) is 0 Å². The Bertz CT molecular complexity index is 587. The summed E-state index contributed by atoms with van der Waals surface area (Å²) in [4.78, 5) is 35.9. The van der Waals surface area contributed by atoms with Gasteiger partial charge in [0.2, 0.25) is 5.91 Å². The minimum absolute atomic E-state index is 0.139. The fraction of sp³-hybridized carbons (Fsp3) is 0.438. The lowest BCUT2D eigenvalue weighted by Gasteiger charge is -2.18. The molecule has 0 saturated heterocycles. The zero-order chi connectivity index (χ0) is 17.4. The molecule has 0 unspecified atom stereocenters. The molecule has 0 bridgehead atoms. The maximum absolute atomic E-state index is 11.9. The van der Waals surface area contributed by atoms with Crippen LogP contribution < -0.4 is 10.6 Å². The third kappa shape index (κ3) is 6.48. The highest BCUT2D eigenvalue weighted by atomic mass is 16.4. The van der Waals surface area contributed by atoms with E-state index in [9.17, 15) is 14.4 Å². The molecule has 0 saturated carbocycles. The first-order valence-electron chi connectivity index (χ1n) is 7.44. The molecule has 7 nitrogen and oxygen atoms in total. The zero-order valence-corrected chi connectivity index (χ0v) is 13.7. The van der Waals surface area contributed by atoms with Crippen LogP contribution in [0.3, 0.4) is 0 Å². The van der Waals surface area contributed by atoms with Gasteiger partial charge in [0.1, 0.15) is 0 Å². The van der Waals surface area contributed by atoms with Gasteiger partial charge in [0.25, 0.3) is 0 Å². The monoisotopic (exact) mass is 321 g/mol. The van der Waals surface area contributed by atoms with Gasteiger partial charge in [0, 0.05) is 5.69 Å². The highest BCUT2D eigenvalue weighted by Gasteiger charge is 2.15. The summed E-state index contributed by atoms with van der Waals surface area (Å²) in [5.74, 6) is -1.55. The highest BCUT2D eigenvalue weighted by Crippen LogP contribution is 2.17. The number of carboxylic acids is 1. The van der Waals surface area contributed by atoms with E-state index in [4.69, 9.17) is 5.11 Å². The molecule has 1 rings (SSSR count). The van der Waals surface area contributed by atoms with Gasteiger partial charge in [-0.25, -0.2) is 4.79 Å². The van der Waals surface area contributed by atoms with E-state index in [0.717, 1.165) is 17.5 Å². The van der Waals surface area contributed by atoms with Crippen LogP contribution in [0.25, 0.3) is 0 Å². The zero-order valence-electron chi connectivity index (χ0n) is 13.7. The first kappa shape index (κ1) is 18.6. The molecule has 3 N–H and O–H groups in total. The fourth-order valence-corrected chi connectivity index (χ4v) is 2.13. The van der Waals surface area contributed by atoms with Gasteiger partial charge in [-0.1, -0.05) is 19.1 Å². The lowest BCUT2D eigenvalue weighted by Crippen LogP contribution is -2.43. The van der Waals surface area contributed by atoms with Gasteiger partial charge in [0.15, 0.2) is 0 Å². The van der Waals surface area contributed by atoms with Crippen molar-refractivity contribution in [2.75, 3.05) is 25.0 Å². The van der Waals surface area contributed by atoms with Crippen LogP contribution in [0.15, 0.2) is 18.2 Å². The Balaban J connectivity index is 2.57. The number of rotatable bonds is 7. The molecule has 0 aliphatic heterocycles. The van der Waals surface area contributed by atoms with Crippen LogP contribution in [0.4, 0.5) is 10.5 Å². The van der Waals surface area contributed by atoms with E-state index in [2.05, 4.69) is 10.6 Å². The van der Waals surface area contributed by atoms with Crippen LogP contribution in [0.5, 0.6) is 0 Å². The Morgan fingerprint density at radius 2 is 1.87 bits per heavy atom. The topological polar surface area (TPSA) is 98.7 Å². The van der Waals surface area contributed by atoms with E-state index in [1.165, 1.54) is 4.90 Å². The first-order chi connectivity index (χ1) is 10.8. The molecule has 0 heterocycles. The molecular weight excluding hydrogens is 298 g/mol. The number of imide groups is 1. The van der Waals surface area contributed by atoms with E-state index in [-0.39, 0.29) is 13.1 Å². The van der Waals surface area contributed by atoms with E-state index >= 15 is 0 Å². The second kappa shape index (κ2) is 8.89. The van der Waals surface area contributed by atoms with Gasteiger partial charge < -0.3 is 10.4 Å². The second-order valence-corrected chi connectivity index (χ2v) is 5.35. The Morgan fingerprint density at radius 3 is 2.48 bits per heavy atom. The third-order valence-corrected chi connectivity index (χ3v) is 3.37. The standard InChI is InChI=1S/C16H23N3O4/c1-4-8-19(10-15(21)22)9-14(20)18-16(23)17-13-7-5-6-11(2)12(13)3/h5-7H,4,8-10H2,1-3H3,(H,21,22)(H2,17,18,20,23). The van der Waals surface area contributed by atoms with Crippen LogP contribution >= 0.6 is 0 Å². The fourth-order valence-electron chi connectivity index (χ4n) is 2.13. The van der Waals surface area contributed by atoms with Crippen LogP contribution in [0, 0.1) is 13.8 Å². The number of hydrogen-bond donors (Lipinski definition) is 3. The minimum atomic E-state index is -1.01. The summed E-state index contributed by atoms with van der Waals surface area (Å²) in [6.07, 6.45) is 0.718. The molecule has 0 aromatic heterocycles. The molecule has 1 aromatic rings. The molecule has 0 spiro atoms. The molecule has 0 aliphatic rings. The van der Waals surface area contributed by atoms with Crippen molar-refractivity contribution in [1.29, 1.82) is 0 Å². The molecule has 23 heavy (non-hydrogen) atoms. The Hall–Kier alpha value is -2.41. The van der Waals surface area contributed by atoms with Gasteiger partial charge in [0.05, 0.1) is 13.1 Å². The summed E-state index contributed by atoms with van der Waals surface area (Å²) in [5, 5.41) is 13.6. The molecule has 0 atom stereocenters. The van der Waals surface area contributed by atoms with Crippen molar-refractivity contribution < 1.29 is 19.5 Å². The van der Waals surface area contributed by atoms with Crippen LogP contribution in [-0.4, -0.2) is 47.5 Å². The average molecular weight is 321 g/mol. The average Bonchev–Trinajstić information content (AvgIpc) is 2.43. The molecular formula is C16H23N3O4. The quantitative estimate of drug-likeness (QED) is 0.710. The number of anilines is 1. The number of urea groups is 1. The largest absolute Gasteiger partial charge is 0.480 e. The number of benzene rings is 1. The number of nitrogens with zero attached hydrogens (tertiary/aromatic N) is 1. The SMILES string of the molecule is CCCN(CC(=O)O)CC(=O)NC(=O)Nc1cccc(C)c1C. The summed E-state index contributed by atoms with van der Waals surface area (Å²) in [7, 11) is 0. The van der Waals surface area contributed by atoms with E-state index in [1.54, 1.807) is 6.07 Å². The smallest absolute Gasteiger partial charge is 0.325 e. The van der Waals surface area contributed by atoms with Gasteiger partial charge in [-0.15, -0.1) is 0 Å². The van der Waals surface area contributed by atoms with Gasteiger partial charge in [-0.05, 0) is 44.0 Å². The summed E-state index contributed by atoms with van der Waals surface area (Å²) in [6.45, 7) is 5.79. The minimum Gasteiger partial charge on any atom is -0.480 e. The highest BCUT2D eigenvalue weighted by molar-refractivity contribution is 6.02. The number of carboxylic acid groups (broad SMARTS) is 1. The number of carbonyl (C=O) groups is 3. The third-order valence-electron chi connectivity index (χ3n) is 3.37. The van der Waals surface area contributed by atoms with Crippen molar-refractivity contribution in [3.05, 3.63) is 29.3 Å². The van der Waals surface area contributed by atoms with Gasteiger partial charge in [-0.3, -0.25) is 19.8 Å². The van der Waals surface area contributed by atoms with Crippen LogP contribution in [0.1, 0.15) is 24.5 Å². The summed E-state index contributed by atoms with van der Waals surface area (Å²) in [6, 6.07) is 4.86. The summed E-state index contributed by atoms with van der Waals surface area (Å²) >= 11 is 0. The normalized spacial score (nSPS) is 10.4. The first-order valence-corrected chi connectivity index (χ1v) is 7.44. The lowest BCUT2D eigenvalue weighted by atomic mass is 10.1. The molecule has 0 aliphatic carbocycles. The Labute approximate surface area is 135 Å². The lowest BCUT2D eigenvalue weighted by molar-refractivity contribution is -0.138. The summed E-state index contributed by atoms with van der Waals surface area (Å²) < 4.78 is 0. The van der Waals surface area contributed by atoms with Crippen molar-refractivity contribution in [2.24, 2.45) is 0 Å².